The Balaban J connectivity index is 1.59. The Morgan fingerprint density at radius 2 is 1.72 bits per heavy atom. The average molecular weight is 417 g/mol. The zero-order valence-electron chi connectivity index (χ0n) is 16.9. The van der Waals surface area contributed by atoms with Crippen molar-refractivity contribution in [3.63, 3.8) is 0 Å². The maximum atomic E-state index is 12.8. The molecule has 2 aromatic carbocycles. The molecular formula is C22H28N2O4S. The molecule has 0 aromatic heterocycles. The number of rotatable bonds is 7. The monoisotopic (exact) mass is 416 g/mol. The number of benzene rings is 2. The number of hydrogen-bond acceptors (Lipinski definition) is 4. The number of nitrogens with zero attached hydrogens (tertiary/aromatic N) is 1. The molecule has 1 saturated heterocycles. The maximum absolute atomic E-state index is 12.8. The maximum Gasteiger partial charge on any atom is 0.243 e. The van der Waals surface area contributed by atoms with Crippen LogP contribution in [0.1, 0.15) is 37.8 Å². The van der Waals surface area contributed by atoms with Crippen LogP contribution >= 0.6 is 0 Å². The number of amides is 1. The van der Waals surface area contributed by atoms with Crippen molar-refractivity contribution in [2.24, 2.45) is 5.92 Å². The van der Waals surface area contributed by atoms with Crippen molar-refractivity contribution in [2.45, 2.75) is 37.1 Å². The molecule has 1 fully saturated rings. The molecule has 1 aliphatic heterocycles. The van der Waals surface area contributed by atoms with Gasteiger partial charge in [-0.3, -0.25) is 4.79 Å². The summed E-state index contributed by atoms with van der Waals surface area (Å²) in [4.78, 5) is 13.1. The quantitative estimate of drug-likeness (QED) is 0.751. The van der Waals surface area contributed by atoms with E-state index in [9.17, 15) is 13.2 Å². The van der Waals surface area contributed by atoms with Gasteiger partial charge in [0.2, 0.25) is 15.9 Å². The molecule has 0 spiro atoms. The number of nitrogens with one attached hydrogen (secondary N) is 1. The average Bonchev–Trinajstić information content (AvgIpc) is 2.78. The predicted molar refractivity (Wildman–Crippen MR) is 112 cm³/mol. The molecule has 0 saturated carbocycles. The minimum Gasteiger partial charge on any atom is -0.497 e. The van der Waals surface area contributed by atoms with Crippen molar-refractivity contribution in [1.29, 1.82) is 0 Å². The van der Waals surface area contributed by atoms with E-state index in [1.54, 1.807) is 37.4 Å². The highest BCUT2D eigenvalue weighted by Crippen LogP contribution is 2.26. The highest BCUT2D eigenvalue weighted by Gasteiger charge is 2.32. The second kappa shape index (κ2) is 9.41. The summed E-state index contributed by atoms with van der Waals surface area (Å²) >= 11 is 0. The fourth-order valence-electron chi connectivity index (χ4n) is 3.65. The zero-order valence-corrected chi connectivity index (χ0v) is 17.7. The van der Waals surface area contributed by atoms with E-state index in [0.717, 1.165) is 17.7 Å². The van der Waals surface area contributed by atoms with Crippen molar-refractivity contribution in [1.82, 2.24) is 9.62 Å². The standard InChI is InChI=1S/C22H28N2O4S/c1-3-21(17-9-11-19(28-2)12-10-17)23-22(25)18-13-15-24(16-14-18)29(26,27)20-7-5-4-6-8-20/h4-12,18,21H,3,13-16H2,1-2H3,(H,23,25)/t21-/m0/s1. The van der Waals surface area contributed by atoms with E-state index in [1.807, 2.05) is 31.2 Å². The van der Waals surface area contributed by atoms with Gasteiger partial charge in [0.25, 0.3) is 0 Å². The van der Waals surface area contributed by atoms with Gasteiger partial charge in [-0.2, -0.15) is 4.31 Å². The third-order valence-corrected chi connectivity index (χ3v) is 7.36. The molecule has 6 nitrogen and oxygen atoms in total. The van der Waals surface area contributed by atoms with E-state index in [0.29, 0.717) is 30.8 Å². The van der Waals surface area contributed by atoms with Crippen LogP contribution in [0.2, 0.25) is 0 Å². The zero-order chi connectivity index (χ0) is 20.9. The second-order valence-corrected chi connectivity index (χ2v) is 9.17. The van der Waals surface area contributed by atoms with E-state index in [-0.39, 0.29) is 17.9 Å². The van der Waals surface area contributed by atoms with Crippen LogP contribution in [0, 0.1) is 5.92 Å². The summed E-state index contributed by atoms with van der Waals surface area (Å²) in [6, 6.07) is 16.1. The summed E-state index contributed by atoms with van der Waals surface area (Å²) in [7, 11) is -1.88. The van der Waals surface area contributed by atoms with E-state index in [4.69, 9.17) is 4.74 Å². The first-order valence-corrected chi connectivity index (χ1v) is 11.4. The first-order valence-electron chi connectivity index (χ1n) is 9.95. The Kier molecular flexibility index (Phi) is 6.92. The van der Waals surface area contributed by atoms with Crippen LogP contribution in [-0.2, 0) is 14.8 Å². The molecule has 1 aliphatic rings. The SMILES string of the molecule is CC[C@H](NC(=O)C1CCN(S(=O)(=O)c2ccccc2)CC1)c1ccc(OC)cc1. The lowest BCUT2D eigenvalue weighted by molar-refractivity contribution is -0.126. The third kappa shape index (κ3) is 4.97. The molecule has 0 unspecified atom stereocenters. The van der Waals surface area contributed by atoms with Crippen molar-refractivity contribution in [3.8, 4) is 5.75 Å². The fourth-order valence-corrected chi connectivity index (χ4v) is 5.14. The normalized spacial score (nSPS) is 16.9. The lowest BCUT2D eigenvalue weighted by atomic mass is 9.95. The Labute approximate surface area is 172 Å². The summed E-state index contributed by atoms with van der Waals surface area (Å²) in [5, 5.41) is 3.13. The summed E-state index contributed by atoms with van der Waals surface area (Å²) in [6.45, 7) is 2.74. The van der Waals surface area contributed by atoms with Gasteiger partial charge >= 0.3 is 0 Å². The summed E-state index contributed by atoms with van der Waals surface area (Å²) in [6.07, 6.45) is 1.83. The van der Waals surface area contributed by atoms with Gasteiger partial charge in [-0.1, -0.05) is 37.3 Å². The number of ether oxygens (including phenoxy) is 1. The summed E-state index contributed by atoms with van der Waals surface area (Å²) in [5.41, 5.74) is 1.03. The van der Waals surface area contributed by atoms with Gasteiger partial charge in [0, 0.05) is 19.0 Å². The lowest BCUT2D eigenvalue weighted by Crippen LogP contribution is -2.43. The molecule has 3 rings (SSSR count). The van der Waals surface area contributed by atoms with E-state index < -0.39 is 10.0 Å². The van der Waals surface area contributed by atoms with Crippen LogP contribution in [0.3, 0.4) is 0 Å². The summed E-state index contributed by atoms with van der Waals surface area (Å²) < 4.78 is 32.1. The Bertz CT molecular complexity index is 906. The molecule has 0 radical (unpaired) electrons. The number of piperidine rings is 1. The van der Waals surface area contributed by atoms with Crippen LogP contribution in [0.4, 0.5) is 0 Å². The van der Waals surface area contributed by atoms with Gasteiger partial charge in [0.05, 0.1) is 18.0 Å². The Morgan fingerprint density at radius 1 is 1.10 bits per heavy atom. The predicted octanol–water partition coefficient (Wildman–Crippen LogP) is 3.36. The minimum atomic E-state index is -3.50. The first-order chi connectivity index (χ1) is 14.0. The van der Waals surface area contributed by atoms with Gasteiger partial charge in [0.1, 0.15) is 5.75 Å². The van der Waals surface area contributed by atoms with E-state index in [1.165, 1.54) is 4.31 Å². The molecule has 0 aliphatic carbocycles. The van der Waals surface area contributed by atoms with Crippen molar-refractivity contribution >= 4 is 15.9 Å². The molecule has 1 amide bonds. The topological polar surface area (TPSA) is 75.7 Å². The van der Waals surface area contributed by atoms with Crippen molar-refractivity contribution in [2.75, 3.05) is 20.2 Å². The molecule has 1 atom stereocenters. The van der Waals surface area contributed by atoms with Gasteiger partial charge in [-0.05, 0) is 49.1 Å². The molecule has 2 aromatic rings. The van der Waals surface area contributed by atoms with Gasteiger partial charge in [-0.25, -0.2) is 8.42 Å². The Morgan fingerprint density at radius 3 is 2.28 bits per heavy atom. The van der Waals surface area contributed by atoms with Gasteiger partial charge in [-0.15, -0.1) is 0 Å². The van der Waals surface area contributed by atoms with E-state index in [2.05, 4.69) is 5.32 Å². The molecule has 7 heteroatoms. The number of sulfonamides is 1. The number of carbonyl (C=O) groups is 1. The highest BCUT2D eigenvalue weighted by molar-refractivity contribution is 7.89. The highest BCUT2D eigenvalue weighted by atomic mass is 32.2. The molecular weight excluding hydrogens is 388 g/mol. The molecule has 29 heavy (non-hydrogen) atoms. The minimum absolute atomic E-state index is 0.00979. The number of hydrogen-bond donors (Lipinski definition) is 1. The Hall–Kier alpha value is -2.38. The fraction of sp³-hybridized carbons (Fsp3) is 0.409. The molecule has 0 bridgehead atoms. The van der Waals surface area contributed by atoms with E-state index >= 15 is 0 Å². The molecule has 156 valence electrons. The smallest absolute Gasteiger partial charge is 0.243 e. The first kappa shape index (κ1) is 21.3. The number of methoxy groups -OCH3 is 1. The van der Waals surface area contributed by atoms with Crippen LogP contribution in [0.5, 0.6) is 5.75 Å². The third-order valence-electron chi connectivity index (χ3n) is 5.45. The largest absolute Gasteiger partial charge is 0.497 e. The molecule has 1 heterocycles. The van der Waals surface area contributed by atoms with Gasteiger partial charge < -0.3 is 10.1 Å². The van der Waals surface area contributed by atoms with Crippen LogP contribution in [-0.4, -0.2) is 38.8 Å². The van der Waals surface area contributed by atoms with Gasteiger partial charge in [0.15, 0.2) is 0 Å². The number of carbonyl (C=O) groups excluding carboxylic acids is 1. The van der Waals surface area contributed by atoms with Crippen LogP contribution < -0.4 is 10.1 Å². The van der Waals surface area contributed by atoms with Crippen molar-refractivity contribution in [3.05, 3.63) is 60.2 Å². The van der Waals surface area contributed by atoms with Crippen LogP contribution in [0.25, 0.3) is 0 Å². The summed E-state index contributed by atoms with van der Waals surface area (Å²) in [5.74, 6) is 0.593. The lowest BCUT2D eigenvalue weighted by Gasteiger charge is -2.31. The van der Waals surface area contributed by atoms with Crippen molar-refractivity contribution < 1.29 is 17.9 Å². The second-order valence-electron chi connectivity index (χ2n) is 7.23. The van der Waals surface area contributed by atoms with Crippen LogP contribution in [0.15, 0.2) is 59.5 Å². The molecule has 1 N–H and O–H groups in total.